The molecule has 0 aromatic heterocycles. The molecule has 1 unspecified atom stereocenters. The van der Waals surface area contributed by atoms with Gasteiger partial charge >= 0.3 is 51.4 Å². The zero-order chi connectivity index (χ0) is 5.82. The Balaban J connectivity index is 0.000000640. The van der Waals surface area contributed by atoms with Crippen molar-refractivity contribution >= 4 is 0 Å². The van der Waals surface area contributed by atoms with Crippen LogP contribution in [0.25, 0.3) is 0 Å². The summed E-state index contributed by atoms with van der Waals surface area (Å²) in [4.78, 5) is 0. The van der Waals surface area contributed by atoms with Gasteiger partial charge in [-0.15, -0.1) is 0 Å². The quantitative estimate of drug-likeness (QED) is 0.378. The van der Waals surface area contributed by atoms with Crippen molar-refractivity contribution in [3.05, 3.63) is 6.42 Å². The third kappa shape index (κ3) is 4.15. The maximum Gasteiger partial charge on any atom is 1.00 e. The number of hydrogen-bond donors (Lipinski definition) is 0. The Bertz CT molecular complexity index is 55.6. The van der Waals surface area contributed by atoms with Crippen LogP contribution in [0, 0.1) is 12.3 Å². The molecule has 0 radical (unpaired) electrons. The van der Waals surface area contributed by atoms with E-state index >= 15 is 0 Å². The molecule has 1 atom stereocenters. The molecule has 1 aliphatic carbocycles. The van der Waals surface area contributed by atoms with Crippen molar-refractivity contribution < 1.29 is 51.4 Å². The van der Waals surface area contributed by atoms with E-state index in [1.54, 1.807) is 0 Å². The third-order valence-corrected chi connectivity index (χ3v) is 1.94. The molecule has 0 amide bonds. The van der Waals surface area contributed by atoms with Crippen molar-refractivity contribution in [1.29, 1.82) is 0 Å². The Morgan fingerprint density at radius 1 is 1.56 bits per heavy atom. The molecule has 0 heterocycles. The van der Waals surface area contributed by atoms with E-state index in [1.807, 2.05) is 0 Å². The van der Waals surface area contributed by atoms with Gasteiger partial charge in [-0.05, 0) is 0 Å². The van der Waals surface area contributed by atoms with Crippen molar-refractivity contribution in [3.8, 4) is 0 Å². The molecular weight excluding hydrogens is 135 g/mol. The Hall–Kier alpha value is 1.64. The summed E-state index contributed by atoms with van der Waals surface area (Å²) in [6.45, 7) is 2.27. The summed E-state index contributed by atoms with van der Waals surface area (Å²) in [5, 5.41) is 0. The van der Waals surface area contributed by atoms with E-state index < -0.39 is 0 Å². The van der Waals surface area contributed by atoms with E-state index in [0.717, 1.165) is 5.92 Å². The molecule has 0 spiro atoms. The van der Waals surface area contributed by atoms with Gasteiger partial charge in [-0.1, -0.05) is 32.6 Å². The molecule has 1 aliphatic rings. The van der Waals surface area contributed by atoms with Crippen molar-refractivity contribution in [2.45, 2.75) is 39.0 Å². The molecule has 0 saturated heterocycles. The largest absolute Gasteiger partial charge is 1.00 e. The van der Waals surface area contributed by atoms with E-state index in [2.05, 4.69) is 13.3 Å². The van der Waals surface area contributed by atoms with Gasteiger partial charge in [0.25, 0.3) is 0 Å². The molecule has 1 saturated carbocycles. The van der Waals surface area contributed by atoms with Gasteiger partial charge in [-0.25, -0.2) is 0 Å². The van der Waals surface area contributed by atoms with E-state index in [1.165, 1.54) is 32.1 Å². The molecule has 0 aromatic rings. The van der Waals surface area contributed by atoms with Crippen molar-refractivity contribution in [1.82, 2.24) is 0 Å². The van der Waals surface area contributed by atoms with Crippen molar-refractivity contribution in [2.24, 2.45) is 5.92 Å². The Kier molecular flexibility index (Phi) is 7.51. The van der Waals surface area contributed by atoms with Crippen LogP contribution in [0.2, 0.25) is 0 Å². The van der Waals surface area contributed by atoms with Gasteiger partial charge in [0.15, 0.2) is 0 Å². The normalized spacial score (nSPS) is 25.7. The molecule has 1 fully saturated rings. The summed E-state index contributed by atoms with van der Waals surface area (Å²) >= 11 is 0. The summed E-state index contributed by atoms with van der Waals surface area (Å²) in [6.07, 6.45) is 9.58. The van der Waals surface area contributed by atoms with Gasteiger partial charge in [0.05, 0.1) is 0 Å². The second-order valence-corrected chi connectivity index (χ2v) is 2.72. The average molecular weight is 150 g/mol. The number of hydrogen-bond acceptors (Lipinski definition) is 0. The van der Waals surface area contributed by atoms with E-state index in [0.29, 0.717) is 0 Å². The molecule has 0 N–H and O–H groups in total. The van der Waals surface area contributed by atoms with Crippen LogP contribution in [0.1, 0.15) is 39.0 Å². The van der Waals surface area contributed by atoms with Crippen LogP contribution in [-0.4, -0.2) is 0 Å². The Morgan fingerprint density at radius 2 is 2.33 bits per heavy atom. The molecule has 9 heavy (non-hydrogen) atoms. The monoisotopic (exact) mass is 150 g/mol. The Labute approximate surface area is 101 Å². The van der Waals surface area contributed by atoms with Crippen molar-refractivity contribution in [3.63, 3.8) is 0 Å². The fourth-order valence-corrected chi connectivity index (χ4v) is 1.48. The summed E-state index contributed by atoms with van der Waals surface area (Å²) in [7, 11) is 0. The molecule has 0 aromatic carbocycles. The van der Waals surface area contributed by atoms with Gasteiger partial charge in [0.2, 0.25) is 0 Å². The summed E-state index contributed by atoms with van der Waals surface area (Å²) in [6, 6.07) is 0. The first-order valence-corrected chi connectivity index (χ1v) is 3.77. The molecule has 1 heteroatoms. The maximum atomic E-state index is 2.49. The van der Waals surface area contributed by atoms with E-state index in [9.17, 15) is 0 Å². The first-order valence-electron chi connectivity index (χ1n) is 3.77. The average Bonchev–Trinajstić information content (AvgIpc) is 2.19. The van der Waals surface area contributed by atoms with Crippen LogP contribution in [-0.2, 0) is 0 Å². The molecule has 0 nitrogen and oxygen atoms in total. The molecule has 0 bridgehead atoms. The van der Waals surface area contributed by atoms with Crippen LogP contribution < -0.4 is 51.4 Å². The van der Waals surface area contributed by atoms with Gasteiger partial charge in [-0.3, -0.25) is 0 Å². The fraction of sp³-hybridized carbons (Fsp3) is 0.875. The van der Waals surface area contributed by atoms with Crippen LogP contribution in [0.4, 0.5) is 0 Å². The second-order valence-electron chi connectivity index (χ2n) is 2.72. The smallest absolute Gasteiger partial charge is 0.325 e. The van der Waals surface area contributed by atoms with Gasteiger partial charge in [-0.2, -0.15) is 12.3 Å². The minimum absolute atomic E-state index is 0. The Morgan fingerprint density at radius 3 is 2.78 bits per heavy atom. The van der Waals surface area contributed by atoms with Gasteiger partial charge in [0.1, 0.15) is 0 Å². The minimum atomic E-state index is 0. The first-order chi connectivity index (χ1) is 3.93. The predicted molar refractivity (Wildman–Crippen MR) is 36.5 cm³/mol. The van der Waals surface area contributed by atoms with Gasteiger partial charge < -0.3 is 6.42 Å². The van der Waals surface area contributed by atoms with Crippen LogP contribution in [0.5, 0.6) is 0 Å². The van der Waals surface area contributed by atoms with Crippen LogP contribution in [0.15, 0.2) is 0 Å². The van der Waals surface area contributed by atoms with Crippen molar-refractivity contribution in [2.75, 3.05) is 0 Å². The maximum absolute atomic E-state index is 2.49. The third-order valence-electron chi connectivity index (χ3n) is 1.94. The standard InChI is InChI=1S/C8H15.K/c1-2-5-8-6-3-4-7-8;/h6,8H,2-5,7H2,1H3;/q-1;+1. The molecule has 0 aliphatic heterocycles. The van der Waals surface area contributed by atoms with Crippen LogP contribution >= 0.6 is 0 Å². The van der Waals surface area contributed by atoms with E-state index in [-0.39, 0.29) is 51.4 Å². The summed E-state index contributed by atoms with van der Waals surface area (Å²) in [5.74, 6) is 0.986. The van der Waals surface area contributed by atoms with Gasteiger partial charge in [0, 0.05) is 0 Å². The molecule has 1 rings (SSSR count). The predicted octanol–water partition coefficient (Wildman–Crippen LogP) is -0.205. The topological polar surface area (TPSA) is 0 Å². The minimum Gasteiger partial charge on any atom is -0.325 e. The SMILES string of the molecule is CCCC1[CH-]CCC1.[K+]. The molecular formula is C8H15K. The second kappa shape index (κ2) is 6.35. The summed E-state index contributed by atoms with van der Waals surface area (Å²) < 4.78 is 0. The fourth-order valence-electron chi connectivity index (χ4n) is 1.48. The number of rotatable bonds is 2. The van der Waals surface area contributed by atoms with Crippen LogP contribution in [0.3, 0.4) is 0 Å². The zero-order valence-electron chi connectivity index (χ0n) is 6.69. The first kappa shape index (κ1) is 10.6. The zero-order valence-corrected chi connectivity index (χ0v) is 9.81. The van der Waals surface area contributed by atoms with E-state index in [4.69, 9.17) is 0 Å². The molecule has 48 valence electrons. The summed E-state index contributed by atoms with van der Waals surface area (Å²) in [5.41, 5.74) is 0.